The van der Waals surface area contributed by atoms with Crippen molar-refractivity contribution >= 4 is 33.3 Å². The number of aryl methyl sites for hydroxylation is 1. The summed E-state index contributed by atoms with van der Waals surface area (Å²) in [5.41, 5.74) is 2.69. The molecule has 7 nitrogen and oxygen atoms in total. The normalized spacial score (nSPS) is 11.7. The smallest absolute Gasteiger partial charge is 0.307 e. The summed E-state index contributed by atoms with van der Waals surface area (Å²) in [5, 5.41) is 2.77. The molecule has 0 fully saturated rings. The first kappa shape index (κ1) is 21.1. The van der Waals surface area contributed by atoms with Crippen LogP contribution in [0.4, 0.5) is 10.5 Å². The number of urea groups is 1. The van der Waals surface area contributed by atoms with E-state index in [0.29, 0.717) is 16.4 Å². The summed E-state index contributed by atoms with van der Waals surface area (Å²) in [6, 6.07) is 4.22. The average Bonchev–Trinajstić information content (AvgIpc) is 2.55. The van der Waals surface area contributed by atoms with E-state index in [2.05, 4.69) is 15.3 Å². The van der Waals surface area contributed by atoms with Gasteiger partial charge < -0.3 is 5.32 Å². The van der Waals surface area contributed by atoms with Gasteiger partial charge in [0.25, 0.3) is 5.16 Å². The van der Waals surface area contributed by atoms with E-state index in [1.165, 1.54) is 6.20 Å². The molecule has 0 aliphatic rings. The van der Waals surface area contributed by atoms with E-state index in [-0.39, 0.29) is 11.8 Å². The Labute approximate surface area is 164 Å². The first-order valence-corrected chi connectivity index (χ1v) is 10.3. The van der Waals surface area contributed by atoms with Gasteiger partial charge in [0.05, 0.1) is 0 Å². The van der Waals surface area contributed by atoms with Crippen LogP contribution in [0.1, 0.15) is 56.4 Å². The summed E-state index contributed by atoms with van der Waals surface area (Å²) in [4.78, 5) is 20.0. The van der Waals surface area contributed by atoms with Crippen LogP contribution in [0.2, 0.25) is 5.02 Å². The summed E-state index contributed by atoms with van der Waals surface area (Å²) in [6.45, 7) is 9.51. The number of halogens is 1. The minimum absolute atomic E-state index is 0.0770. The second-order valence-electron chi connectivity index (χ2n) is 6.81. The van der Waals surface area contributed by atoms with Crippen LogP contribution in [-0.4, -0.2) is 24.4 Å². The molecule has 2 rings (SSSR count). The molecule has 146 valence electrons. The molecular formula is C18H23ClN4O3S. The van der Waals surface area contributed by atoms with Gasteiger partial charge in [-0.3, -0.25) is 0 Å². The Morgan fingerprint density at radius 3 is 2.15 bits per heavy atom. The van der Waals surface area contributed by atoms with E-state index in [1.807, 2.05) is 32.4 Å². The fraction of sp³-hybridized carbons (Fsp3) is 0.389. The zero-order valence-electron chi connectivity index (χ0n) is 15.9. The average molecular weight is 411 g/mol. The van der Waals surface area contributed by atoms with Crippen LogP contribution in [0.25, 0.3) is 0 Å². The van der Waals surface area contributed by atoms with Gasteiger partial charge in [-0.15, -0.1) is 0 Å². The van der Waals surface area contributed by atoms with E-state index < -0.39 is 21.2 Å². The van der Waals surface area contributed by atoms with E-state index >= 15 is 0 Å². The van der Waals surface area contributed by atoms with Crippen molar-refractivity contribution in [2.24, 2.45) is 0 Å². The van der Waals surface area contributed by atoms with Gasteiger partial charge in [-0.2, -0.15) is 8.42 Å². The maximum Gasteiger partial charge on any atom is 0.333 e. The molecule has 0 aliphatic heterocycles. The molecule has 0 saturated heterocycles. The van der Waals surface area contributed by atoms with Crippen molar-refractivity contribution in [1.82, 2.24) is 14.7 Å². The van der Waals surface area contributed by atoms with Gasteiger partial charge in [0.15, 0.2) is 0 Å². The Balaban J connectivity index is 2.35. The van der Waals surface area contributed by atoms with Crippen molar-refractivity contribution in [3.63, 3.8) is 0 Å². The topological polar surface area (TPSA) is 101 Å². The van der Waals surface area contributed by atoms with Gasteiger partial charge >= 0.3 is 16.1 Å². The molecule has 1 aromatic carbocycles. The summed E-state index contributed by atoms with van der Waals surface area (Å²) in [5.74, 6) is 0.154. The van der Waals surface area contributed by atoms with Crippen LogP contribution < -0.4 is 10.0 Å². The fourth-order valence-electron chi connectivity index (χ4n) is 2.57. The van der Waals surface area contributed by atoms with E-state index in [0.717, 1.165) is 11.1 Å². The highest BCUT2D eigenvalue weighted by Gasteiger charge is 2.23. The number of rotatable bonds is 5. The van der Waals surface area contributed by atoms with Gasteiger partial charge in [0.1, 0.15) is 0 Å². The van der Waals surface area contributed by atoms with E-state index in [9.17, 15) is 13.2 Å². The van der Waals surface area contributed by atoms with Crippen LogP contribution in [0.5, 0.6) is 0 Å². The van der Waals surface area contributed by atoms with Crippen LogP contribution in [-0.2, 0) is 10.0 Å². The zero-order valence-corrected chi connectivity index (χ0v) is 17.4. The number of nitrogens with zero attached hydrogens (tertiary/aromatic N) is 2. The maximum atomic E-state index is 12.4. The number of amides is 2. The minimum atomic E-state index is -4.19. The van der Waals surface area contributed by atoms with Crippen LogP contribution in [0.3, 0.4) is 0 Å². The molecular weight excluding hydrogens is 388 g/mol. The number of sulfonamides is 1. The molecule has 0 atom stereocenters. The Hall–Kier alpha value is -2.19. The number of anilines is 1. The molecule has 1 heterocycles. The van der Waals surface area contributed by atoms with E-state index in [1.54, 1.807) is 25.1 Å². The van der Waals surface area contributed by atoms with Crippen LogP contribution in [0.15, 0.2) is 29.6 Å². The first-order valence-electron chi connectivity index (χ1n) is 8.48. The fourth-order valence-corrected chi connectivity index (χ4v) is 3.65. The van der Waals surface area contributed by atoms with Gasteiger partial charge in [-0.05, 0) is 48.1 Å². The van der Waals surface area contributed by atoms with Crippen molar-refractivity contribution in [3.8, 4) is 0 Å². The molecule has 2 N–H and O–H groups in total. The van der Waals surface area contributed by atoms with E-state index in [4.69, 9.17) is 11.6 Å². The minimum Gasteiger partial charge on any atom is -0.307 e. The lowest BCUT2D eigenvalue weighted by atomic mass is 9.92. The summed E-state index contributed by atoms with van der Waals surface area (Å²) >= 11 is 6.21. The van der Waals surface area contributed by atoms with Gasteiger partial charge in [0.2, 0.25) is 0 Å². The third-order valence-electron chi connectivity index (χ3n) is 3.89. The summed E-state index contributed by atoms with van der Waals surface area (Å²) < 4.78 is 26.7. The van der Waals surface area contributed by atoms with Gasteiger partial charge in [0, 0.05) is 22.6 Å². The van der Waals surface area contributed by atoms with Crippen molar-refractivity contribution in [3.05, 3.63) is 46.2 Å². The summed E-state index contributed by atoms with van der Waals surface area (Å²) in [6.07, 6.45) is 1.32. The SMILES string of the molecule is Cc1ccnc(S(=O)(=O)NC(=O)Nc2c(C(C)C)cc(Cl)cc2C(C)C)n1. The number of benzene rings is 1. The highest BCUT2D eigenvalue weighted by molar-refractivity contribution is 7.89. The zero-order chi connectivity index (χ0) is 20.4. The largest absolute Gasteiger partial charge is 0.333 e. The highest BCUT2D eigenvalue weighted by Crippen LogP contribution is 2.35. The van der Waals surface area contributed by atoms with Gasteiger partial charge in [-0.1, -0.05) is 39.3 Å². The van der Waals surface area contributed by atoms with Crippen molar-refractivity contribution in [2.45, 2.75) is 51.6 Å². The Kier molecular flexibility index (Phi) is 6.43. The lowest BCUT2D eigenvalue weighted by Gasteiger charge is -2.21. The lowest BCUT2D eigenvalue weighted by molar-refractivity contribution is 0.256. The number of hydrogen-bond donors (Lipinski definition) is 2. The quantitative estimate of drug-likeness (QED) is 0.719. The highest BCUT2D eigenvalue weighted by atomic mass is 35.5. The molecule has 2 aromatic rings. The molecule has 1 aromatic heterocycles. The van der Waals surface area contributed by atoms with Gasteiger partial charge in [-0.25, -0.2) is 19.5 Å². The Morgan fingerprint density at radius 2 is 1.67 bits per heavy atom. The molecule has 0 bridgehead atoms. The first-order chi connectivity index (χ1) is 12.5. The molecule has 0 saturated carbocycles. The van der Waals surface area contributed by atoms with Crippen LogP contribution in [0, 0.1) is 6.92 Å². The molecule has 9 heteroatoms. The third-order valence-corrected chi connectivity index (χ3v) is 5.24. The monoisotopic (exact) mass is 410 g/mol. The molecule has 2 amide bonds. The standard InChI is InChI=1S/C18H23ClN4O3S/c1-10(2)14-8-13(19)9-15(11(3)4)16(14)22-17(24)23-27(25,26)18-20-7-6-12(5)21-18/h6-11H,1-5H3,(H2,22,23,24). The predicted molar refractivity (Wildman–Crippen MR) is 106 cm³/mol. The third kappa shape index (κ3) is 5.17. The number of hydrogen-bond acceptors (Lipinski definition) is 5. The maximum absolute atomic E-state index is 12.4. The molecule has 0 unspecified atom stereocenters. The molecule has 27 heavy (non-hydrogen) atoms. The van der Waals surface area contributed by atoms with Crippen molar-refractivity contribution < 1.29 is 13.2 Å². The number of aromatic nitrogens is 2. The van der Waals surface area contributed by atoms with Crippen molar-refractivity contribution in [1.29, 1.82) is 0 Å². The predicted octanol–water partition coefficient (Wildman–Crippen LogP) is 4.20. The Bertz CT molecular complexity index is 930. The number of nitrogens with one attached hydrogen (secondary N) is 2. The second kappa shape index (κ2) is 8.22. The van der Waals surface area contributed by atoms with Crippen molar-refractivity contribution in [2.75, 3.05) is 5.32 Å². The molecule has 0 radical (unpaired) electrons. The second-order valence-corrected chi connectivity index (χ2v) is 8.82. The lowest BCUT2D eigenvalue weighted by Crippen LogP contribution is -2.36. The van der Waals surface area contributed by atoms with Crippen LogP contribution >= 0.6 is 11.6 Å². The molecule has 0 spiro atoms. The molecule has 0 aliphatic carbocycles. The Morgan fingerprint density at radius 1 is 1.11 bits per heavy atom. The number of carbonyl (C=O) groups excluding carboxylic acids is 1. The number of carbonyl (C=O) groups is 1. The summed E-state index contributed by atoms with van der Waals surface area (Å²) in [7, 11) is -4.19.